The van der Waals surface area contributed by atoms with E-state index in [0.29, 0.717) is 28.5 Å². The first-order valence-electron chi connectivity index (χ1n) is 10.5. The molecule has 3 heterocycles. The van der Waals surface area contributed by atoms with Crippen LogP contribution in [0.4, 0.5) is 8.78 Å². The summed E-state index contributed by atoms with van der Waals surface area (Å²) >= 11 is 1.15. The second kappa shape index (κ2) is 9.41. The van der Waals surface area contributed by atoms with Crippen molar-refractivity contribution < 1.29 is 32.2 Å². The van der Waals surface area contributed by atoms with Crippen LogP contribution in [0.3, 0.4) is 0 Å². The van der Waals surface area contributed by atoms with Crippen molar-refractivity contribution in [2.45, 2.75) is 25.7 Å². The molecule has 35 heavy (non-hydrogen) atoms. The zero-order valence-corrected chi connectivity index (χ0v) is 19.5. The largest absolute Gasteiger partial charge is 0.454 e. The van der Waals surface area contributed by atoms with Crippen LogP contribution in [0.2, 0.25) is 0 Å². The fraction of sp³-hybridized carbons (Fsp3) is 0.208. The van der Waals surface area contributed by atoms with E-state index in [-0.39, 0.29) is 29.3 Å². The number of carbonyl (C=O) groups excluding carboxylic acids is 1. The molecule has 0 fully saturated rings. The van der Waals surface area contributed by atoms with Gasteiger partial charge in [-0.15, -0.1) is 10.2 Å². The monoisotopic (exact) mass is 499 g/mol. The topological polar surface area (TPSA) is 88.6 Å². The number of benzene rings is 2. The summed E-state index contributed by atoms with van der Waals surface area (Å²) in [5.74, 6) is 1.65. The van der Waals surface area contributed by atoms with Crippen molar-refractivity contribution in [3.63, 3.8) is 0 Å². The fourth-order valence-electron chi connectivity index (χ4n) is 3.84. The Bertz CT molecular complexity index is 1380. The van der Waals surface area contributed by atoms with Crippen LogP contribution < -0.4 is 14.2 Å². The molecule has 5 rings (SSSR count). The standard InChI is InChI=1S/C24H19F2N3O5S/c1-13-9-18(14(2)29(13)16-4-6-17(7-5-16)33-23(25)26)19(30)11-35-24-28-27-22(34-24)15-3-8-20-21(10-15)32-12-31-20/h3-10,23H,11-12H2,1-2H3. The maximum Gasteiger partial charge on any atom is 0.387 e. The summed E-state index contributed by atoms with van der Waals surface area (Å²) in [5, 5.41) is 8.35. The van der Waals surface area contributed by atoms with Gasteiger partial charge in [-0.25, -0.2) is 0 Å². The molecule has 8 nitrogen and oxygen atoms in total. The third-order valence-corrected chi connectivity index (χ3v) is 6.22. The van der Waals surface area contributed by atoms with Crippen LogP contribution in [0.1, 0.15) is 21.7 Å². The van der Waals surface area contributed by atoms with Gasteiger partial charge in [0.25, 0.3) is 5.22 Å². The molecular weight excluding hydrogens is 480 g/mol. The molecule has 2 aromatic carbocycles. The predicted molar refractivity (Wildman–Crippen MR) is 123 cm³/mol. The summed E-state index contributed by atoms with van der Waals surface area (Å²) in [6, 6.07) is 13.4. The number of hydrogen-bond acceptors (Lipinski definition) is 8. The third kappa shape index (κ3) is 4.72. The predicted octanol–water partition coefficient (Wildman–Crippen LogP) is 5.45. The van der Waals surface area contributed by atoms with Gasteiger partial charge in [0.05, 0.1) is 5.75 Å². The zero-order valence-electron chi connectivity index (χ0n) is 18.7. The van der Waals surface area contributed by atoms with Gasteiger partial charge < -0.3 is 23.2 Å². The van der Waals surface area contributed by atoms with Crippen LogP contribution in [0.5, 0.6) is 17.2 Å². The van der Waals surface area contributed by atoms with Gasteiger partial charge in [0.1, 0.15) is 5.75 Å². The van der Waals surface area contributed by atoms with E-state index < -0.39 is 6.61 Å². The first-order valence-corrected chi connectivity index (χ1v) is 11.5. The number of fused-ring (bicyclic) bond motifs is 1. The van der Waals surface area contributed by atoms with Gasteiger partial charge in [-0.1, -0.05) is 11.8 Å². The molecule has 0 spiro atoms. The molecule has 0 amide bonds. The van der Waals surface area contributed by atoms with Gasteiger partial charge in [0, 0.05) is 28.2 Å². The van der Waals surface area contributed by atoms with Crippen LogP contribution in [-0.2, 0) is 0 Å². The summed E-state index contributed by atoms with van der Waals surface area (Å²) in [7, 11) is 0. The summed E-state index contributed by atoms with van der Waals surface area (Å²) in [5.41, 5.74) is 3.55. The van der Waals surface area contributed by atoms with Crippen LogP contribution >= 0.6 is 11.8 Å². The number of thioether (sulfide) groups is 1. The van der Waals surface area contributed by atoms with Crippen LogP contribution in [0, 0.1) is 13.8 Å². The molecule has 4 aromatic rings. The number of nitrogens with zero attached hydrogens (tertiary/aromatic N) is 3. The van der Waals surface area contributed by atoms with Gasteiger partial charge >= 0.3 is 6.61 Å². The Morgan fingerprint density at radius 3 is 2.63 bits per heavy atom. The lowest BCUT2D eigenvalue weighted by atomic mass is 10.2. The minimum atomic E-state index is -2.88. The number of halogens is 2. The number of aryl methyl sites for hydroxylation is 1. The molecule has 0 saturated heterocycles. The van der Waals surface area contributed by atoms with E-state index in [4.69, 9.17) is 13.9 Å². The van der Waals surface area contributed by atoms with Crippen molar-refractivity contribution in [3.05, 3.63) is 65.5 Å². The zero-order chi connectivity index (χ0) is 24.5. The Balaban J connectivity index is 1.27. The summed E-state index contributed by atoms with van der Waals surface area (Å²) < 4.78 is 47.5. The van der Waals surface area contributed by atoms with Gasteiger partial charge in [0.15, 0.2) is 17.3 Å². The Hall–Kier alpha value is -3.86. The molecule has 0 N–H and O–H groups in total. The van der Waals surface area contributed by atoms with E-state index in [1.54, 1.807) is 36.4 Å². The molecule has 2 aromatic heterocycles. The molecule has 0 radical (unpaired) electrons. The smallest absolute Gasteiger partial charge is 0.387 e. The van der Waals surface area contributed by atoms with Crippen molar-refractivity contribution in [2.75, 3.05) is 12.5 Å². The average Bonchev–Trinajstić information content (AvgIpc) is 3.56. The molecule has 0 unspecified atom stereocenters. The molecule has 11 heteroatoms. The normalized spacial score (nSPS) is 12.4. The lowest BCUT2D eigenvalue weighted by Gasteiger charge is -2.11. The second-order valence-electron chi connectivity index (χ2n) is 7.65. The Labute approximate surface area is 202 Å². The summed E-state index contributed by atoms with van der Waals surface area (Å²) in [6.45, 7) is 0.990. The van der Waals surface area contributed by atoms with Crippen molar-refractivity contribution in [3.8, 4) is 34.4 Å². The lowest BCUT2D eigenvalue weighted by Crippen LogP contribution is -2.06. The highest BCUT2D eigenvalue weighted by atomic mass is 32.2. The first kappa shape index (κ1) is 22.9. The highest BCUT2D eigenvalue weighted by Crippen LogP contribution is 2.36. The number of ketones is 1. The highest BCUT2D eigenvalue weighted by Gasteiger charge is 2.20. The van der Waals surface area contributed by atoms with Crippen LogP contribution in [-0.4, -0.2) is 39.7 Å². The van der Waals surface area contributed by atoms with Crippen molar-refractivity contribution in [1.82, 2.24) is 14.8 Å². The Morgan fingerprint density at radius 2 is 1.86 bits per heavy atom. The third-order valence-electron chi connectivity index (χ3n) is 5.40. The number of rotatable bonds is 8. The van der Waals surface area contributed by atoms with Gasteiger partial charge in [0.2, 0.25) is 12.7 Å². The summed E-state index contributed by atoms with van der Waals surface area (Å²) in [4.78, 5) is 13.0. The van der Waals surface area contributed by atoms with Crippen molar-refractivity contribution in [2.24, 2.45) is 0 Å². The number of hydrogen-bond donors (Lipinski definition) is 0. The molecular formula is C24H19F2N3O5S. The van der Waals surface area contributed by atoms with E-state index >= 15 is 0 Å². The van der Waals surface area contributed by atoms with Crippen LogP contribution in [0.15, 0.2) is 58.2 Å². The van der Waals surface area contributed by atoms with E-state index in [2.05, 4.69) is 14.9 Å². The SMILES string of the molecule is Cc1cc(C(=O)CSc2nnc(-c3ccc4c(c3)OCO4)o2)c(C)n1-c1ccc(OC(F)F)cc1. The minimum absolute atomic E-state index is 0.0681. The summed E-state index contributed by atoms with van der Waals surface area (Å²) in [6.07, 6.45) is 0. The minimum Gasteiger partial charge on any atom is -0.454 e. The number of aromatic nitrogens is 3. The number of ether oxygens (including phenoxy) is 3. The molecule has 1 aliphatic heterocycles. The molecule has 0 aliphatic carbocycles. The lowest BCUT2D eigenvalue weighted by molar-refractivity contribution is -0.0498. The van der Waals surface area contributed by atoms with Crippen molar-refractivity contribution in [1.29, 1.82) is 0 Å². The van der Waals surface area contributed by atoms with E-state index in [1.807, 2.05) is 18.4 Å². The molecule has 0 atom stereocenters. The number of carbonyl (C=O) groups is 1. The van der Waals surface area contributed by atoms with E-state index in [9.17, 15) is 13.6 Å². The Kier molecular flexibility index (Phi) is 6.16. The fourth-order valence-corrected chi connectivity index (χ4v) is 4.48. The number of alkyl halides is 2. The van der Waals surface area contributed by atoms with Crippen LogP contribution in [0.25, 0.3) is 17.1 Å². The first-order chi connectivity index (χ1) is 16.9. The molecule has 180 valence electrons. The molecule has 1 aliphatic rings. The second-order valence-corrected chi connectivity index (χ2v) is 8.57. The number of Topliss-reactive ketones (excluding diaryl/α,β-unsaturated/α-hetero) is 1. The maximum atomic E-state index is 13.0. The Morgan fingerprint density at radius 1 is 1.09 bits per heavy atom. The van der Waals surface area contributed by atoms with Gasteiger partial charge in [-0.2, -0.15) is 8.78 Å². The van der Waals surface area contributed by atoms with Gasteiger partial charge in [-0.05, 0) is 62.4 Å². The van der Waals surface area contributed by atoms with Crippen molar-refractivity contribution >= 4 is 17.5 Å². The maximum absolute atomic E-state index is 13.0. The molecule has 0 bridgehead atoms. The van der Waals surface area contributed by atoms with E-state index in [1.165, 1.54) is 12.1 Å². The van der Waals surface area contributed by atoms with E-state index in [0.717, 1.165) is 28.8 Å². The highest BCUT2D eigenvalue weighted by molar-refractivity contribution is 7.99. The quantitative estimate of drug-likeness (QED) is 0.234. The average molecular weight is 499 g/mol. The van der Waals surface area contributed by atoms with Gasteiger partial charge in [-0.3, -0.25) is 4.79 Å². The molecule has 0 saturated carbocycles.